The number of aryl methyl sites for hydroxylation is 2. The number of ether oxygens (including phenoxy) is 1. The Kier molecular flexibility index (Phi) is 6.45. The van der Waals surface area contributed by atoms with Gasteiger partial charge in [0.05, 0.1) is 13.2 Å². The van der Waals surface area contributed by atoms with E-state index < -0.39 is 0 Å². The first kappa shape index (κ1) is 14.4. The van der Waals surface area contributed by atoms with E-state index in [4.69, 9.17) is 9.84 Å². The summed E-state index contributed by atoms with van der Waals surface area (Å²) >= 11 is 1.79. The molecule has 0 aliphatic heterocycles. The number of hydrogen-bond acceptors (Lipinski definition) is 3. The Bertz CT molecular complexity index is 339. The molecule has 2 nitrogen and oxygen atoms in total. The Morgan fingerprint density at radius 1 is 1.29 bits per heavy atom. The molecule has 1 aromatic carbocycles. The van der Waals surface area contributed by atoms with Gasteiger partial charge in [-0.3, -0.25) is 0 Å². The predicted octanol–water partition coefficient (Wildman–Crippen LogP) is 3.19. The van der Waals surface area contributed by atoms with E-state index >= 15 is 0 Å². The van der Waals surface area contributed by atoms with Gasteiger partial charge in [0.15, 0.2) is 0 Å². The maximum absolute atomic E-state index is 8.87. The second-order valence-electron chi connectivity index (χ2n) is 4.31. The first-order valence-electron chi connectivity index (χ1n) is 6.06. The maximum Gasteiger partial charge on any atom is 0.119 e. The topological polar surface area (TPSA) is 29.5 Å². The lowest BCUT2D eigenvalue weighted by molar-refractivity contribution is 0.299. The van der Waals surface area contributed by atoms with Crippen LogP contribution in [0.4, 0.5) is 0 Å². The summed E-state index contributed by atoms with van der Waals surface area (Å²) in [6.45, 7) is 7.23. The molecule has 0 aliphatic rings. The van der Waals surface area contributed by atoms with E-state index in [0.29, 0.717) is 5.25 Å². The molecule has 3 heteroatoms. The highest BCUT2D eigenvalue weighted by molar-refractivity contribution is 7.99. The lowest BCUT2D eigenvalue weighted by atomic mass is 10.1. The van der Waals surface area contributed by atoms with Gasteiger partial charge in [0.25, 0.3) is 0 Å². The van der Waals surface area contributed by atoms with Crippen molar-refractivity contribution in [3.63, 3.8) is 0 Å². The average molecular weight is 254 g/mol. The monoisotopic (exact) mass is 254 g/mol. The molecule has 1 unspecified atom stereocenters. The van der Waals surface area contributed by atoms with Crippen molar-refractivity contribution < 1.29 is 9.84 Å². The summed E-state index contributed by atoms with van der Waals surface area (Å²) in [6.07, 6.45) is 1.02. The molecule has 0 radical (unpaired) electrons. The standard InChI is InChI=1S/C14H22O2S/c1-11-5-6-14(9-12(11)2)16-7-4-8-17-13(3)10-15/h5-6,9,13,15H,4,7-8,10H2,1-3H3. The number of aliphatic hydroxyl groups excluding tert-OH is 1. The van der Waals surface area contributed by atoms with E-state index in [0.717, 1.165) is 24.5 Å². The van der Waals surface area contributed by atoms with E-state index in [9.17, 15) is 0 Å². The summed E-state index contributed by atoms with van der Waals surface area (Å²) in [4.78, 5) is 0. The summed E-state index contributed by atoms with van der Waals surface area (Å²) in [6, 6.07) is 6.19. The fourth-order valence-electron chi connectivity index (χ4n) is 1.39. The van der Waals surface area contributed by atoms with Crippen LogP contribution in [0, 0.1) is 13.8 Å². The van der Waals surface area contributed by atoms with Gasteiger partial charge in [-0.25, -0.2) is 0 Å². The lowest BCUT2D eigenvalue weighted by Crippen LogP contribution is -2.05. The molecular weight excluding hydrogens is 232 g/mol. The SMILES string of the molecule is Cc1ccc(OCCCSC(C)CO)cc1C. The Labute approximate surface area is 108 Å². The minimum absolute atomic E-state index is 0.253. The van der Waals surface area contributed by atoms with Gasteiger partial charge in [-0.1, -0.05) is 13.0 Å². The average Bonchev–Trinajstić information content (AvgIpc) is 2.33. The van der Waals surface area contributed by atoms with E-state index in [1.807, 2.05) is 13.0 Å². The van der Waals surface area contributed by atoms with E-state index in [1.54, 1.807) is 11.8 Å². The molecule has 1 rings (SSSR count). The van der Waals surface area contributed by atoms with Crippen LogP contribution in [0.5, 0.6) is 5.75 Å². The number of hydrogen-bond donors (Lipinski definition) is 1. The van der Waals surface area contributed by atoms with Crippen molar-refractivity contribution in [2.24, 2.45) is 0 Å². The van der Waals surface area contributed by atoms with Gasteiger partial charge in [-0.15, -0.1) is 0 Å². The summed E-state index contributed by atoms with van der Waals surface area (Å²) in [5.74, 6) is 1.99. The van der Waals surface area contributed by atoms with Crippen molar-refractivity contribution in [2.45, 2.75) is 32.4 Å². The first-order chi connectivity index (χ1) is 8.13. The zero-order chi connectivity index (χ0) is 12.7. The van der Waals surface area contributed by atoms with Crippen molar-refractivity contribution in [3.8, 4) is 5.75 Å². The predicted molar refractivity (Wildman–Crippen MR) is 75.0 cm³/mol. The van der Waals surface area contributed by atoms with Crippen molar-refractivity contribution in [2.75, 3.05) is 19.0 Å². The Morgan fingerprint density at radius 3 is 2.71 bits per heavy atom. The molecule has 0 saturated heterocycles. The second-order valence-corrected chi connectivity index (χ2v) is 5.86. The van der Waals surface area contributed by atoms with Crippen LogP contribution in [0.2, 0.25) is 0 Å². The van der Waals surface area contributed by atoms with E-state index in [2.05, 4.69) is 26.0 Å². The Balaban J connectivity index is 2.20. The Hall–Kier alpha value is -0.670. The minimum Gasteiger partial charge on any atom is -0.494 e. The normalized spacial score (nSPS) is 12.5. The van der Waals surface area contributed by atoms with E-state index in [1.165, 1.54) is 11.1 Å². The third-order valence-corrected chi connectivity index (χ3v) is 3.94. The van der Waals surface area contributed by atoms with Crippen LogP contribution in [0.3, 0.4) is 0 Å². The van der Waals surface area contributed by atoms with Crippen LogP contribution < -0.4 is 4.74 Å². The van der Waals surface area contributed by atoms with Crippen LogP contribution in [0.15, 0.2) is 18.2 Å². The zero-order valence-electron chi connectivity index (χ0n) is 10.9. The molecule has 0 saturated carbocycles. The summed E-state index contributed by atoms with van der Waals surface area (Å²) in [5, 5.41) is 9.20. The fourth-order valence-corrected chi connectivity index (χ4v) is 2.18. The third kappa shape index (κ3) is 5.46. The van der Waals surface area contributed by atoms with Crippen LogP contribution in [-0.4, -0.2) is 29.3 Å². The molecule has 0 bridgehead atoms. The zero-order valence-corrected chi connectivity index (χ0v) is 11.7. The second kappa shape index (κ2) is 7.62. The molecule has 1 N–H and O–H groups in total. The van der Waals surface area contributed by atoms with Crippen molar-refractivity contribution in [3.05, 3.63) is 29.3 Å². The summed E-state index contributed by atoms with van der Waals surface area (Å²) in [7, 11) is 0. The molecule has 1 atom stereocenters. The highest BCUT2D eigenvalue weighted by Gasteiger charge is 2.00. The number of benzene rings is 1. The highest BCUT2D eigenvalue weighted by atomic mass is 32.2. The minimum atomic E-state index is 0.253. The number of thioether (sulfide) groups is 1. The van der Waals surface area contributed by atoms with Crippen LogP contribution in [0.1, 0.15) is 24.5 Å². The van der Waals surface area contributed by atoms with Gasteiger partial charge < -0.3 is 9.84 Å². The first-order valence-corrected chi connectivity index (χ1v) is 7.11. The van der Waals surface area contributed by atoms with Crippen molar-refractivity contribution >= 4 is 11.8 Å². The molecule has 0 fully saturated rings. The molecule has 1 aromatic rings. The quantitative estimate of drug-likeness (QED) is 0.758. The van der Waals surface area contributed by atoms with Gasteiger partial charge in [-0.05, 0) is 49.3 Å². The molecular formula is C14H22O2S. The van der Waals surface area contributed by atoms with Gasteiger partial charge in [0.1, 0.15) is 5.75 Å². The maximum atomic E-state index is 8.87. The molecule has 0 aliphatic carbocycles. The summed E-state index contributed by atoms with van der Waals surface area (Å²) < 4.78 is 5.68. The van der Waals surface area contributed by atoms with Gasteiger partial charge in [0, 0.05) is 5.25 Å². The van der Waals surface area contributed by atoms with Crippen LogP contribution in [0.25, 0.3) is 0 Å². The lowest BCUT2D eigenvalue weighted by Gasteiger charge is -2.09. The Morgan fingerprint density at radius 2 is 2.06 bits per heavy atom. The molecule has 96 valence electrons. The van der Waals surface area contributed by atoms with Crippen molar-refractivity contribution in [1.82, 2.24) is 0 Å². The molecule has 0 spiro atoms. The molecule has 17 heavy (non-hydrogen) atoms. The van der Waals surface area contributed by atoms with Crippen molar-refractivity contribution in [1.29, 1.82) is 0 Å². The van der Waals surface area contributed by atoms with Crippen LogP contribution >= 0.6 is 11.8 Å². The molecule has 0 heterocycles. The largest absolute Gasteiger partial charge is 0.494 e. The number of rotatable bonds is 7. The van der Waals surface area contributed by atoms with Gasteiger partial charge >= 0.3 is 0 Å². The molecule has 0 amide bonds. The number of aliphatic hydroxyl groups is 1. The highest BCUT2D eigenvalue weighted by Crippen LogP contribution is 2.17. The van der Waals surface area contributed by atoms with Crippen LogP contribution in [-0.2, 0) is 0 Å². The van der Waals surface area contributed by atoms with Gasteiger partial charge in [-0.2, -0.15) is 11.8 Å². The van der Waals surface area contributed by atoms with E-state index in [-0.39, 0.29) is 6.61 Å². The smallest absolute Gasteiger partial charge is 0.119 e. The van der Waals surface area contributed by atoms with Gasteiger partial charge in [0.2, 0.25) is 0 Å². The fraction of sp³-hybridized carbons (Fsp3) is 0.571. The third-order valence-electron chi connectivity index (χ3n) is 2.70. The molecule has 0 aromatic heterocycles. The summed E-state index contributed by atoms with van der Waals surface area (Å²) in [5.41, 5.74) is 2.57.